The van der Waals surface area contributed by atoms with Crippen LogP contribution in [0.15, 0.2) is 42.5 Å². The van der Waals surface area contributed by atoms with E-state index in [1.807, 2.05) is 0 Å². The summed E-state index contributed by atoms with van der Waals surface area (Å²) in [5.74, 6) is -0.689. The lowest BCUT2D eigenvalue weighted by atomic mass is 10.2. The van der Waals surface area contributed by atoms with Gasteiger partial charge in [-0.25, -0.2) is 18.7 Å². The zero-order valence-electron chi connectivity index (χ0n) is 14.0. The molecule has 7 nitrogen and oxygen atoms in total. The summed E-state index contributed by atoms with van der Waals surface area (Å²) < 4.78 is 29.4. The van der Waals surface area contributed by atoms with Crippen LogP contribution >= 0.6 is 0 Å². The first-order chi connectivity index (χ1) is 12.9. The highest BCUT2D eigenvalue weighted by Crippen LogP contribution is 2.30. The van der Waals surface area contributed by atoms with Crippen LogP contribution in [0.2, 0.25) is 0 Å². The average Bonchev–Trinajstić information content (AvgIpc) is 2.99. The van der Waals surface area contributed by atoms with Gasteiger partial charge in [0.2, 0.25) is 0 Å². The number of anilines is 3. The molecule has 0 fully saturated rings. The monoisotopic (exact) mass is 367 g/mol. The second-order valence-corrected chi connectivity index (χ2v) is 5.99. The summed E-state index contributed by atoms with van der Waals surface area (Å²) in [7, 11) is 0. The lowest BCUT2D eigenvalue weighted by Gasteiger charge is -2.05. The van der Waals surface area contributed by atoms with Gasteiger partial charge in [0.15, 0.2) is 17.5 Å². The molecule has 0 atom stereocenters. The van der Waals surface area contributed by atoms with Gasteiger partial charge in [-0.2, -0.15) is 5.10 Å². The molecule has 9 heteroatoms. The lowest BCUT2D eigenvalue weighted by Crippen LogP contribution is -2.07. The number of halogens is 2. The van der Waals surface area contributed by atoms with E-state index in [9.17, 15) is 8.78 Å². The Hall–Kier alpha value is -3.75. The van der Waals surface area contributed by atoms with Crippen molar-refractivity contribution in [3.8, 4) is 11.5 Å². The van der Waals surface area contributed by atoms with Gasteiger partial charge < -0.3 is 17.2 Å². The molecule has 4 rings (SSSR count). The maximum atomic E-state index is 14.0. The van der Waals surface area contributed by atoms with Crippen LogP contribution in [0.5, 0.6) is 0 Å². The third kappa shape index (κ3) is 2.88. The maximum absolute atomic E-state index is 14.0. The highest BCUT2D eigenvalue weighted by molar-refractivity contribution is 5.92. The summed E-state index contributed by atoms with van der Waals surface area (Å²) in [5.41, 5.74) is 18.6. The Kier molecular flexibility index (Phi) is 3.84. The Morgan fingerprint density at radius 2 is 1.63 bits per heavy atom. The first-order valence-electron chi connectivity index (χ1n) is 8.02. The smallest absolute Gasteiger partial charge is 0.184 e. The standard InChI is InChI=1S/C18H15F2N7/c19-10-5-6-13-11(7-10)15(18-24-16(22)14(21)17(23)25-18)26-27(13)8-9-3-1-2-4-12(9)20/h1-7H,8,21H2,(H4,22,23,24,25). The van der Waals surface area contributed by atoms with Crippen LogP contribution in [0.1, 0.15) is 5.56 Å². The highest BCUT2D eigenvalue weighted by Gasteiger charge is 2.18. The summed E-state index contributed by atoms with van der Waals surface area (Å²) in [4.78, 5) is 8.22. The molecule has 2 heterocycles. The van der Waals surface area contributed by atoms with E-state index in [0.29, 0.717) is 16.5 Å². The fourth-order valence-electron chi connectivity index (χ4n) is 2.84. The zero-order chi connectivity index (χ0) is 19.1. The molecule has 0 aliphatic rings. The number of benzene rings is 2. The molecule has 0 bridgehead atoms. The molecule has 0 saturated heterocycles. The first kappa shape index (κ1) is 16.7. The van der Waals surface area contributed by atoms with Gasteiger partial charge in [-0.15, -0.1) is 0 Å². The molecule has 0 aliphatic heterocycles. The molecule has 0 saturated carbocycles. The Bertz CT molecular complexity index is 1150. The third-order valence-electron chi connectivity index (χ3n) is 4.21. The second kappa shape index (κ2) is 6.20. The maximum Gasteiger partial charge on any atom is 0.184 e. The van der Waals surface area contributed by atoms with Crippen molar-refractivity contribution in [2.24, 2.45) is 0 Å². The Morgan fingerprint density at radius 1 is 0.926 bits per heavy atom. The molecule has 2 aromatic carbocycles. The number of rotatable bonds is 3. The predicted octanol–water partition coefficient (Wildman–Crippen LogP) is 2.57. The highest BCUT2D eigenvalue weighted by atomic mass is 19.1. The SMILES string of the molecule is Nc1nc(-c2nn(Cc3ccccc3F)c3ccc(F)cc23)nc(N)c1N. The molecule has 0 aliphatic carbocycles. The molecular formula is C18H15F2N7. The number of hydrogen-bond donors (Lipinski definition) is 3. The van der Waals surface area contributed by atoms with Crippen molar-refractivity contribution in [2.45, 2.75) is 6.54 Å². The van der Waals surface area contributed by atoms with Crippen molar-refractivity contribution in [3.63, 3.8) is 0 Å². The first-order valence-corrected chi connectivity index (χ1v) is 8.02. The summed E-state index contributed by atoms with van der Waals surface area (Å²) in [5, 5.41) is 4.91. The van der Waals surface area contributed by atoms with E-state index < -0.39 is 5.82 Å². The number of nitrogens with zero attached hydrogens (tertiary/aromatic N) is 4. The minimum absolute atomic E-state index is 0.00528. The molecule has 0 amide bonds. The largest absolute Gasteiger partial charge is 0.393 e. The fraction of sp³-hybridized carbons (Fsp3) is 0.0556. The van der Waals surface area contributed by atoms with Gasteiger partial charge in [-0.3, -0.25) is 4.68 Å². The van der Waals surface area contributed by atoms with E-state index in [4.69, 9.17) is 17.2 Å². The molecule has 6 N–H and O–H groups in total. The van der Waals surface area contributed by atoms with E-state index in [2.05, 4.69) is 15.1 Å². The van der Waals surface area contributed by atoms with E-state index in [0.717, 1.165) is 0 Å². The number of nitrogens with two attached hydrogens (primary N) is 3. The number of fused-ring (bicyclic) bond motifs is 1. The number of aromatic nitrogens is 4. The van der Waals surface area contributed by atoms with E-state index >= 15 is 0 Å². The minimum Gasteiger partial charge on any atom is -0.393 e. The lowest BCUT2D eigenvalue weighted by molar-refractivity contribution is 0.590. The average molecular weight is 367 g/mol. The number of nitrogen functional groups attached to an aromatic ring is 3. The van der Waals surface area contributed by atoms with Crippen molar-refractivity contribution in [3.05, 3.63) is 59.7 Å². The van der Waals surface area contributed by atoms with Crippen molar-refractivity contribution < 1.29 is 8.78 Å². The normalized spacial score (nSPS) is 11.2. The molecule has 27 heavy (non-hydrogen) atoms. The van der Waals surface area contributed by atoms with Crippen LogP contribution in [0.3, 0.4) is 0 Å². The molecule has 0 spiro atoms. The Morgan fingerprint density at radius 3 is 2.33 bits per heavy atom. The molecule has 0 radical (unpaired) electrons. The van der Waals surface area contributed by atoms with Crippen molar-refractivity contribution in [2.75, 3.05) is 17.2 Å². The minimum atomic E-state index is -0.453. The van der Waals surface area contributed by atoms with Gasteiger partial charge >= 0.3 is 0 Å². The predicted molar refractivity (Wildman–Crippen MR) is 99.5 cm³/mol. The zero-order valence-corrected chi connectivity index (χ0v) is 14.0. The van der Waals surface area contributed by atoms with Crippen LogP contribution in [0.4, 0.5) is 26.1 Å². The topological polar surface area (TPSA) is 122 Å². The summed E-state index contributed by atoms with van der Waals surface area (Å²) in [6.45, 7) is 0.148. The van der Waals surface area contributed by atoms with Gasteiger partial charge in [0.1, 0.15) is 23.0 Å². The molecule has 2 aromatic heterocycles. The van der Waals surface area contributed by atoms with Gasteiger partial charge in [-0.05, 0) is 24.3 Å². The van der Waals surface area contributed by atoms with Crippen LogP contribution in [-0.2, 0) is 6.54 Å². The second-order valence-electron chi connectivity index (χ2n) is 5.99. The van der Waals surface area contributed by atoms with Crippen molar-refractivity contribution in [1.29, 1.82) is 0 Å². The summed E-state index contributed by atoms with van der Waals surface area (Å²) >= 11 is 0. The molecule has 4 aromatic rings. The molecular weight excluding hydrogens is 352 g/mol. The van der Waals surface area contributed by atoms with Gasteiger partial charge in [0, 0.05) is 10.9 Å². The van der Waals surface area contributed by atoms with Crippen molar-refractivity contribution >= 4 is 28.2 Å². The molecule has 0 unspecified atom stereocenters. The van der Waals surface area contributed by atoms with Crippen LogP contribution in [-0.4, -0.2) is 19.7 Å². The van der Waals surface area contributed by atoms with Gasteiger partial charge in [-0.1, -0.05) is 18.2 Å². The van der Waals surface area contributed by atoms with Crippen molar-refractivity contribution in [1.82, 2.24) is 19.7 Å². The third-order valence-corrected chi connectivity index (χ3v) is 4.21. The Balaban J connectivity index is 1.92. The van der Waals surface area contributed by atoms with Crippen LogP contribution in [0, 0.1) is 11.6 Å². The summed E-state index contributed by atoms with van der Waals surface area (Å²) in [6.07, 6.45) is 0. The fourth-order valence-corrected chi connectivity index (χ4v) is 2.84. The van der Waals surface area contributed by atoms with Crippen LogP contribution in [0.25, 0.3) is 22.4 Å². The molecule has 136 valence electrons. The summed E-state index contributed by atoms with van der Waals surface area (Å²) in [6, 6.07) is 10.5. The quantitative estimate of drug-likeness (QED) is 0.512. The van der Waals surface area contributed by atoms with Crippen LogP contribution < -0.4 is 17.2 Å². The van der Waals surface area contributed by atoms with E-state index in [-0.39, 0.29) is 41.2 Å². The van der Waals surface area contributed by atoms with E-state index in [1.165, 1.54) is 18.2 Å². The van der Waals surface area contributed by atoms with E-state index in [1.54, 1.807) is 28.9 Å². The number of hydrogen-bond acceptors (Lipinski definition) is 6. The van der Waals surface area contributed by atoms with Gasteiger partial charge in [0.05, 0.1) is 12.1 Å². The van der Waals surface area contributed by atoms with Gasteiger partial charge in [0.25, 0.3) is 0 Å². The Labute approximate surface area is 152 Å².